The molecule has 0 heterocycles. The van der Waals surface area contributed by atoms with E-state index in [1.807, 2.05) is 0 Å². The summed E-state index contributed by atoms with van der Waals surface area (Å²) in [5.41, 5.74) is 6.30. The molecule has 2 radical (unpaired) electrons. The molecular formula is C3H5NO2. The number of carboxylic acid groups (broad SMARTS) is 1. The Morgan fingerprint density at radius 1 is 2.00 bits per heavy atom. The number of rotatable bonds is 2. The third kappa shape index (κ3) is 3.43. The van der Waals surface area contributed by atoms with Gasteiger partial charge in [-0.25, -0.2) is 0 Å². The van der Waals surface area contributed by atoms with Gasteiger partial charge in [-0.2, -0.15) is 0 Å². The lowest BCUT2D eigenvalue weighted by molar-refractivity contribution is -0.133. The van der Waals surface area contributed by atoms with Crippen LogP contribution in [0.3, 0.4) is 0 Å². The minimum absolute atomic E-state index is 0.144. The zero-order valence-electron chi connectivity index (χ0n) is 3.14. The Kier molecular flexibility index (Phi) is 2.40. The van der Waals surface area contributed by atoms with Crippen LogP contribution in [0.15, 0.2) is 0 Å². The van der Waals surface area contributed by atoms with Crippen molar-refractivity contribution >= 4 is 5.97 Å². The lowest BCUT2D eigenvalue weighted by atomic mass is 10.5. The molecule has 0 fully saturated rings. The van der Waals surface area contributed by atoms with Crippen molar-refractivity contribution in [3.63, 3.8) is 0 Å². The fraction of sp³-hybridized carbons (Fsp3) is 0.333. The number of carbonyl (C=O) groups is 1. The predicted molar refractivity (Wildman–Crippen MR) is 19.9 cm³/mol. The van der Waals surface area contributed by atoms with Crippen molar-refractivity contribution in [3.05, 3.63) is 6.42 Å². The number of nitrogens with one attached hydrogen (secondary N) is 1. The molecular weight excluding hydrogens is 82.0 g/mol. The molecule has 0 aromatic rings. The van der Waals surface area contributed by atoms with E-state index in [0.29, 0.717) is 0 Å². The Morgan fingerprint density at radius 2 is 2.50 bits per heavy atom. The number of carboxylic acids is 1. The molecule has 0 rings (SSSR count). The van der Waals surface area contributed by atoms with E-state index in [1.165, 1.54) is 0 Å². The van der Waals surface area contributed by atoms with Gasteiger partial charge in [0.2, 0.25) is 0 Å². The van der Waals surface area contributed by atoms with Gasteiger partial charge in [-0.1, -0.05) is 0 Å². The molecule has 3 heteroatoms. The second kappa shape index (κ2) is 2.66. The second-order valence-corrected chi connectivity index (χ2v) is 0.746. The van der Waals surface area contributed by atoms with Crippen molar-refractivity contribution in [2.75, 3.05) is 6.54 Å². The number of hydrogen-bond donors (Lipinski definition) is 1. The van der Waals surface area contributed by atoms with Crippen molar-refractivity contribution < 1.29 is 9.90 Å². The predicted octanol–water partition coefficient (Wildman–Crippen LogP) is -0.442. The summed E-state index contributed by atoms with van der Waals surface area (Å²) < 4.78 is 0. The molecule has 0 saturated heterocycles. The lowest BCUT2D eigenvalue weighted by Crippen LogP contribution is -1.99. The van der Waals surface area contributed by atoms with Gasteiger partial charge in [0, 0.05) is 6.54 Å². The molecule has 0 aliphatic heterocycles. The van der Waals surface area contributed by atoms with E-state index in [4.69, 9.17) is 10.8 Å². The summed E-state index contributed by atoms with van der Waals surface area (Å²) in [6.45, 7) is -0.144. The molecule has 6 heavy (non-hydrogen) atoms. The summed E-state index contributed by atoms with van der Waals surface area (Å²) in [7, 11) is 0. The van der Waals surface area contributed by atoms with E-state index in [-0.39, 0.29) is 6.54 Å². The molecule has 0 saturated carbocycles. The van der Waals surface area contributed by atoms with Crippen LogP contribution in [-0.2, 0) is 4.79 Å². The zero-order chi connectivity index (χ0) is 4.99. The molecule has 0 spiro atoms. The van der Waals surface area contributed by atoms with Crippen LogP contribution in [0, 0.1) is 6.42 Å². The maximum absolute atomic E-state index is 9.42. The maximum Gasteiger partial charge on any atom is 0.308 e. The molecule has 0 aliphatic rings. The van der Waals surface area contributed by atoms with Crippen LogP contribution in [0.4, 0.5) is 0 Å². The van der Waals surface area contributed by atoms with Crippen molar-refractivity contribution in [2.45, 2.75) is 0 Å². The molecule has 0 unspecified atom stereocenters. The van der Waals surface area contributed by atoms with Crippen molar-refractivity contribution in [2.24, 2.45) is 0 Å². The van der Waals surface area contributed by atoms with Crippen LogP contribution in [0.5, 0.6) is 0 Å². The highest BCUT2D eigenvalue weighted by Gasteiger charge is 1.89. The molecule has 0 aromatic heterocycles. The van der Waals surface area contributed by atoms with Crippen molar-refractivity contribution in [3.8, 4) is 0 Å². The first-order valence-electron chi connectivity index (χ1n) is 1.48. The maximum atomic E-state index is 9.42. The number of aliphatic carboxylic acids is 1. The van der Waals surface area contributed by atoms with Gasteiger partial charge < -0.3 is 5.11 Å². The van der Waals surface area contributed by atoms with E-state index >= 15 is 0 Å². The molecule has 0 aromatic carbocycles. The van der Waals surface area contributed by atoms with E-state index in [2.05, 4.69) is 0 Å². The second-order valence-electron chi connectivity index (χ2n) is 0.746. The van der Waals surface area contributed by atoms with Gasteiger partial charge in [0.1, 0.15) is 0 Å². The summed E-state index contributed by atoms with van der Waals surface area (Å²) in [5.74, 6) is -1.02. The highest BCUT2D eigenvalue weighted by atomic mass is 16.4. The van der Waals surface area contributed by atoms with Gasteiger partial charge in [0.15, 0.2) is 0 Å². The van der Waals surface area contributed by atoms with E-state index < -0.39 is 5.97 Å². The third-order valence-electron chi connectivity index (χ3n) is 0.277. The van der Waals surface area contributed by atoms with Crippen LogP contribution >= 0.6 is 0 Å². The summed E-state index contributed by atoms with van der Waals surface area (Å²) in [4.78, 5) is 9.42. The van der Waals surface area contributed by atoms with E-state index in [1.54, 1.807) is 0 Å². The van der Waals surface area contributed by atoms with Crippen LogP contribution in [0.1, 0.15) is 0 Å². The smallest absolute Gasteiger partial charge is 0.308 e. The first-order valence-corrected chi connectivity index (χ1v) is 1.48. The largest absolute Gasteiger partial charge is 0.481 e. The van der Waals surface area contributed by atoms with Crippen LogP contribution in [0.2, 0.25) is 0 Å². The zero-order valence-corrected chi connectivity index (χ0v) is 3.14. The Bertz CT molecular complexity index is 52.8. The minimum Gasteiger partial charge on any atom is -0.481 e. The van der Waals surface area contributed by atoms with Crippen LogP contribution in [-0.4, -0.2) is 17.6 Å². The summed E-state index contributed by atoms with van der Waals surface area (Å²) in [6.07, 6.45) is 0.875. The van der Waals surface area contributed by atoms with Crippen molar-refractivity contribution in [1.82, 2.24) is 5.73 Å². The van der Waals surface area contributed by atoms with Gasteiger partial charge in [-0.15, -0.1) is 0 Å². The molecule has 0 bridgehead atoms. The molecule has 0 aliphatic carbocycles. The lowest BCUT2D eigenvalue weighted by Gasteiger charge is -1.78. The van der Waals surface area contributed by atoms with Gasteiger partial charge in [-0.05, 0) is 0 Å². The average Bonchev–Trinajstić information content (AvgIpc) is 1.35. The summed E-state index contributed by atoms with van der Waals surface area (Å²) in [5, 5.41) is 7.74. The van der Waals surface area contributed by atoms with Crippen LogP contribution in [0.25, 0.3) is 0 Å². The highest BCUT2D eigenvalue weighted by molar-refractivity contribution is 5.76. The topological polar surface area (TPSA) is 61.1 Å². The van der Waals surface area contributed by atoms with Gasteiger partial charge in [0.05, 0.1) is 6.42 Å². The van der Waals surface area contributed by atoms with E-state index in [9.17, 15) is 4.79 Å². The van der Waals surface area contributed by atoms with Gasteiger partial charge >= 0.3 is 5.97 Å². The van der Waals surface area contributed by atoms with Gasteiger partial charge in [0.25, 0.3) is 0 Å². The van der Waals surface area contributed by atoms with Crippen molar-refractivity contribution in [1.29, 1.82) is 0 Å². The van der Waals surface area contributed by atoms with Gasteiger partial charge in [-0.3, -0.25) is 10.5 Å². The first-order chi connectivity index (χ1) is 2.77. The molecule has 2 N–H and O–H groups in total. The summed E-state index contributed by atoms with van der Waals surface area (Å²) >= 11 is 0. The fourth-order valence-electron chi connectivity index (χ4n) is 0.0873. The molecule has 3 nitrogen and oxygen atoms in total. The standard InChI is InChI=1S/C3H5NO2/c4-2-1-3(5)6/h1,4H,2H2,(H,5,6). The first kappa shape index (κ1) is 5.43. The highest BCUT2D eigenvalue weighted by Crippen LogP contribution is 1.66. The Hall–Kier alpha value is -0.570. The monoisotopic (exact) mass is 87.0 g/mol. The SMILES string of the molecule is [NH]C[CH]C(=O)O. The van der Waals surface area contributed by atoms with E-state index in [0.717, 1.165) is 6.42 Å². The quantitative estimate of drug-likeness (QED) is 0.496. The average molecular weight is 87.1 g/mol. The Morgan fingerprint density at radius 3 is 2.50 bits per heavy atom. The molecule has 34 valence electrons. The molecule has 0 amide bonds. The fourth-order valence-corrected chi connectivity index (χ4v) is 0.0873. The normalized spacial score (nSPS) is 8.17. The number of hydrogen-bond acceptors (Lipinski definition) is 1. The molecule has 0 atom stereocenters. The third-order valence-corrected chi connectivity index (χ3v) is 0.277. The Labute approximate surface area is 35.8 Å². The summed E-state index contributed by atoms with van der Waals surface area (Å²) in [6, 6.07) is 0. The Balaban J connectivity index is 2.83. The van der Waals surface area contributed by atoms with Crippen LogP contribution < -0.4 is 5.73 Å². The minimum atomic E-state index is -1.02.